The number of rotatable bonds is 4. The minimum atomic E-state index is -0.539. The van der Waals surface area contributed by atoms with Gasteiger partial charge in [-0.2, -0.15) is 0 Å². The number of piperazine rings is 1. The number of imidazole rings is 1. The van der Waals surface area contributed by atoms with Gasteiger partial charge < -0.3 is 15.6 Å². The summed E-state index contributed by atoms with van der Waals surface area (Å²) in [5.41, 5.74) is 0.821. The van der Waals surface area contributed by atoms with Crippen molar-refractivity contribution in [1.82, 2.24) is 20.6 Å². The average Bonchev–Trinajstić information content (AvgIpc) is 3.08. The van der Waals surface area contributed by atoms with Crippen molar-refractivity contribution in [1.29, 1.82) is 0 Å². The third-order valence-corrected chi connectivity index (χ3v) is 4.13. The Bertz CT molecular complexity index is 540. The first kappa shape index (κ1) is 12.9. The summed E-state index contributed by atoms with van der Waals surface area (Å²) in [6.07, 6.45) is 4.16. The van der Waals surface area contributed by atoms with Crippen molar-refractivity contribution in [3.05, 3.63) is 40.6 Å². The van der Waals surface area contributed by atoms with Gasteiger partial charge in [0.15, 0.2) is 0 Å². The van der Waals surface area contributed by atoms with E-state index in [1.807, 2.05) is 17.5 Å². The maximum atomic E-state index is 12.1. The number of amides is 2. The van der Waals surface area contributed by atoms with E-state index in [2.05, 4.69) is 20.6 Å². The number of aromatic nitrogens is 2. The number of nitrogens with zero attached hydrogens (tertiary/aromatic N) is 1. The summed E-state index contributed by atoms with van der Waals surface area (Å²) in [6, 6.07) is 2.87. The molecule has 1 saturated heterocycles. The standard InChI is InChI=1S/C13H14N4O2S/c18-12-10(4-8-6-14-7-15-8)16-13(19)11(17-12)5-9-2-1-3-20-9/h1-3,6-7,10-11H,4-5H2,(H,14,15)(H,16,19)(H,17,18)/t10-,11-/m0/s1. The number of nitrogens with one attached hydrogen (secondary N) is 3. The highest BCUT2D eigenvalue weighted by molar-refractivity contribution is 7.09. The summed E-state index contributed by atoms with van der Waals surface area (Å²) in [5, 5.41) is 7.52. The van der Waals surface area contributed by atoms with Gasteiger partial charge in [0.05, 0.1) is 6.33 Å². The molecule has 104 valence electrons. The summed E-state index contributed by atoms with van der Waals surface area (Å²) in [6.45, 7) is 0. The fourth-order valence-corrected chi connectivity index (χ4v) is 2.96. The normalized spacial score (nSPS) is 22.4. The SMILES string of the molecule is O=C1N[C@@H](Cc2cccs2)C(=O)N[C@H]1Cc1cnc[nH]1. The maximum absolute atomic E-state index is 12.1. The topological polar surface area (TPSA) is 86.9 Å². The molecule has 2 atom stereocenters. The van der Waals surface area contributed by atoms with Crippen LogP contribution in [0.15, 0.2) is 30.0 Å². The van der Waals surface area contributed by atoms with E-state index in [1.165, 1.54) is 0 Å². The third kappa shape index (κ3) is 2.72. The molecule has 6 nitrogen and oxygen atoms in total. The van der Waals surface area contributed by atoms with Crippen LogP contribution in [0.4, 0.5) is 0 Å². The molecule has 7 heteroatoms. The Labute approximate surface area is 119 Å². The van der Waals surface area contributed by atoms with Crippen molar-refractivity contribution in [3.63, 3.8) is 0 Å². The van der Waals surface area contributed by atoms with Crippen LogP contribution in [0.5, 0.6) is 0 Å². The van der Waals surface area contributed by atoms with E-state index < -0.39 is 12.1 Å². The van der Waals surface area contributed by atoms with Gasteiger partial charge in [-0.05, 0) is 11.4 Å². The fraction of sp³-hybridized carbons (Fsp3) is 0.308. The predicted molar refractivity (Wildman–Crippen MR) is 74.2 cm³/mol. The van der Waals surface area contributed by atoms with Crippen LogP contribution < -0.4 is 10.6 Å². The molecule has 3 rings (SSSR count). The number of H-pyrrole nitrogens is 1. The molecule has 0 aromatic carbocycles. The minimum absolute atomic E-state index is 0.137. The lowest BCUT2D eigenvalue weighted by molar-refractivity contribution is -0.136. The van der Waals surface area contributed by atoms with Gasteiger partial charge in [0.25, 0.3) is 0 Å². The van der Waals surface area contributed by atoms with Crippen molar-refractivity contribution in [2.45, 2.75) is 24.9 Å². The molecular formula is C13H14N4O2S. The number of carbonyl (C=O) groups excluding carboxylic acids is 2. The summed E-state index contributed by atoms with van der Waals surface area (Å²) in [4.78, 5) is 32.0. The molecular weight excluding hydrogens is 276 g/mol. The summed E-state index contributed by atoms with van der Waals surface area (Å²) >= 11 is 1.58. The van der Waals surface area contributed by atoms with E-state index in [9.17, 15) is 9.59 Å². The first-order chi connectivity index (χ1) is 9.72. The molecule has 2 aromatic heterocycles. The monoisotopic (exact) mass is 290 g/mol. The maximum Gasteiger partial charge on any atom is 0.243 e. The van der Waals surface area contributed by atoms with Crippen LogP contribution in [0.3, 0.4) is 0 Å². The highest BCUT2D eigenvalue weighted by Crippen LogP contribution is 2.13. The molecule has 1 fully saturated rings. The number of thiophene rings is 1. The van der Waals surface area contributed by atoms with Crippen LogP contribution in [0.2, 0.25) is 0 Å². The molecule has 2 aromatic rings. The predicted octanol–water partition coefficient (Wildman–Crippen LogP) is 0.240. The Kier molecular flexibility index (Phi) is 3.51. The average molecular weight is 290 g/mol. The van der Waals surface area contributed by atoms with Crippen molar-refractivity contribution in [2.75, 3.05) is 0 Å². The smallest absolute Gasteiger partial charge is 0.243 e. The molecule has 20 heavy (non-hydrogen) atoms. The van der Waals surface area contributed by atoms with E-state index in [0.717, 1.165) is 10.6 Å². The molecule has 0 aliphatic carbocycles. The Morgan fingerprint density at radius 1 is 1.15 bits per heavy atom. The molecule has 3 N–H and O–H groups in total. The van der Waals surface area contributed by atoms with Crippen molar-refractivity contribution in [3.8, 4) is 0 Å². The fourth-order valence-electron chi connectivity index (χ4n) is 2.21. The van der Waals surface area contributed by atoms with Crippen LogP contribution in [0.1, 0.15) is 10.6 Å². The first-order valence-electron chi connectivity index (χ1n) is 6.33. The highest BCUT2D eigenvalue weighted by atomic mass is 32.1. The summed E-state index contributed by atoms with van der Waals surface area (Å²) < 4.78 is 0. The molecule has 2 amide bonds. The lowest BCUT2D eigenvalue weighted by atomic mass is 10.0. The zero-order valence-corrected chi connectivity index (χ0v) is 11.4. The quantitative estimate of drug-likeness (QED) is 0.754. The van der Waals surface area contributed by atoms with E-state index in [-0.39, 0.29) is 11.8 Å². The van der Waals surface area contributed by atoms with Gasteiger partial charge in [0.2, 0.25) is 11.8 Å². The molecule has 0 saturated carbocycles. The number of carbonyl (C=O) groups is 2. The van der Waals surface area contributed by atoms with Crippen LogP contribution in [-0.4, -0.2) is 33.9 Å². The Balaban J connectivity index is 1.64. The number of hydrogen-bond acceptors (Lipinski definition) is 4. The number of aromatic amines is 1. The zero-order valence-electron chi connectivity index (χ0n) is 10.6. The summed E-state index contributed by atoms with van der Waals surface area (Å²) in [5.74, 6) is -0.289. The van der Waals surface area contributed by atoms with Crippen LogP contribution in [0, 0.1) is 0 Å². The Morgan fingerprint density at radius 2 is 1.90 bits per heavy atom. The zero-order chi connectivity index (χ0) is 13.9. The second kappa shape index (κ2) is 5.46. The van der Waals surface area contributed by atoms with Crippen LogP contribution >= 0.6 is 11.3 Å². The Hall–Kier alpha value is -2.15. The van der Waals surface area contributed by atoms with E-state index in [1.54, 1.807) is 23.9 Å². The van der Waals surface area contributed by atoms with Gasteiger partial charge in [-0.3, -0.25) is 9.59 Å². The van der Waals surface area contributed by atoms with Crippen molar-refractivity contribution >= 4 is 23.2 Å². The van der Waals surface area contributed by atoms with Gasteiger partial charge in [-0.25, -0.2) is 4.98 Å². The third-order valence-electron chi connectivity index (χ3n) is 3.23. The minimum Gasteiger partial charge on any atom is -0.348 e. The first-order valence-corrected chi connectivity index (χ1v) is 7.21. The van der Waals surface area contributed by atoms with E-state index in [0.29, 0.717) is 12.8 Å². The van der Waals surface area contributed by atoms with Crippen molar-refractivity contribution in [2.24, 2.45) is 0 Å². The van der Waals surface area contributed by atoms with Crippen LogP contribution in [0.25, 0.3) is 0 Å². The molecule has 3 heterocycles. The summed E-state index contributed by atoms with van der Waals surface area (Å²) in [7, 11) is 0. The molecule has 0 unspecified atom stereocenters. The van der Waals surface area contributed by atoms with Gasteiger partial charge in [-0.15, -0.1) is 11.3 Å². The van der Waals surface area contributed by atoms with E-state index in [4.69, 9.17) is 0 Å². The van der Waals surface area contributed by atoms with Gasteiger partial charge in [0.1, 0.15) is 12.1 Å². The van der Waals surface area contributed by atoms with Gasteiger partial charge >= 0.3 is 0 Å². The molecule has 0 bridgehead atoms. The second-order valence-corrected chi connectivity index (χ2v) is 5.72. The second-order valence-electron chi connectivity index (χ2n) is 4.69. The van der Waals surface area contributed by atoms with Crippen molar-refractivity contribution < 1.29 is 9.59 Å². The van der Waals surface area contributed by atoms with Crippen LogP contribution in [-0.2, 0) is 22.4 Å². The highest BCUT2D eigenvalue weighted by Gasteiger charge is 2.33. The van der Waals surface area contributed by atoms with Gasteiger partial charge in [-0.1, -0.05) is 6.07 Å². The molecule has 0 spiro atoms. The molecule has 1 aliphatic rings. The lowest BCUT2D eigenvalue weighted by Crippen LogP contribution is -2.62. The molecule has 1 aliphatic heterocycles. The number of hydrogen-bond donors (Lipinski definition) is 3. The largest absolute Gasteiger partial charge is 0.348 e. The molecule has 0 radical (unpaired) electrons. The van der Waals surface area contributed by atoms with E-state index >= 15 is 0 Å². The Morgan fingerprint density at radius 3 is 2.50 bits per heavy atom. The van der Waals surface area contributed by atoms with Gasteiger partial charge in [0, 0.05) is 29.6 Å². The lowest BCUT2D eigenvalue weighted by Gasteiger charge is -2.29.